The SMILES string of the molecule is CC(C)(O)c1ccccn1.CC(C)([O-])c1ccccn1.ClCCl.O.[Cl-].[Cl-].[Ir+3]. The van der Waals surface area contributed by atoms with Gasteiger partial charge in [-0.1, -0.05) is 31.6 Å². The topological polar surface area (TPSA) is 101 Å². The van der Waals surface area contributed by atoms with Crippen molar-refractivity contribution in [3.63, 3.8) is 0 Å². The van der Waals surface area contributed by atoms with E-state index in [1.165, 1.54) is 0 Å². The van der Waals surface area contributed by atoms with Gasteiger partial charge >= 0.3 is 20.1 Å². The largest absolute Gasteiger partial charge is 3.00 e. The number of alkyl halides is 2. The molecule has 2 aromatic rings. The zero-order valence-corrected chi connectivity index (χ0v) is 20.8. The summed E-state index contributed by atoms with van der Waals surface area (Å²) in [5, 5.41) is 20.9. The average molecular weight is 639 g/mol. The van der Waals surface area contributed by atoms with Crippen molar-refractivity contribution in [2.24, 2.45) is 0 Å². The molecule has 2 aromatic heterocycles. The van der Waals surface area contributed by atoms with Crippen molar-refractivity contribution >= 4 is 23.2 Å². The van der Waals surface area contributed by atoms with Crippen LogP contribution in [0.2, 0.25) is 0 Å². The predicted octanol–water partition coefficient (Wildman–Crippen LogP) is -3.41. The third kappa shape index (κ3) is 19.1. The van der Waals surface area contributed by atoms with Gasteiger partial charge in [0.05, 0.1) is 11.0 Å². The Balaban J connectivity index is -0.0000000924. The van der Waals surface area contributed by atoms with E-state index in [0.717, 1.165) is 0 Å². The molecule has 0 unspecified atom stereocenters. The summed E-state index contributed by atoms with van der Waals surface area (Å²) >= 11 is 9.53. The first-order chi connectivity index (χ1) is 10.6. The molecule has 0 aliphatic rings. The van der Waals surface area contributed by atoms with Gasteiger partial charge < -0.3 is 40.5 Å². The van der Waals surface area contributed by atoms with Crippen LogP contribution in [-0.4, -0.2) is 25.9 Å². The maximum Gasteiger partial charge on any atom is 3.00 e. The number of hydrogen-bond acceptors (Lipinski definition) is 4. The van der Waals surface area contributed by atoms with Crippen LogP contribution in [0.3, 0.4) is 0 Å². The van der Waals surface area contributed by atoms with Gasteiger partial charge in [0.25, 0.3) is 0 Å². The van der Waals surface area contributed by atoms with Crippen LogP contribution < -0.4 is 29.9 Å². The Morgan fingerprint density at radius 3 is 1.37 bits per heavy atom. The Kier molecular flexibility index (Phi) is 27.0. The Bertz CT molecular complexity index is 490. The van der Waals surface area contributed by atoms with Gasteiger partial charge in [0.15, 0.2) is 0 Å². The minimum absolute atomic E-state index is 0. The number of nitrogens with zero attached hydrogens (tertiary/aromatic N) is 2. The molecule has 158 valence electrons. The van der Waals surface area contributed by atoms with Crippen LogP contribution >= 0.6 is 23.2 Å². The van der Waals surface area contributed by atoms with Crippen molar-refractivity contribution in [2.45, 2.75) is 38.9 Å². The maximum absolute atomic E-state index is 11.2. The molecule has 10 heteroatoms. The monoisotopic (exact) mass is 638 g/mol. The number of halogens is 4. The average Bonchev–Trinajstić information content (AvgIpc) is 2.49. The molecule has 0 atom stereocenters. The zero-order chi connectivity index (χ0) is 17.9. The van der Waals surface area contributed by atoms with E-state index in [2.05, 4.69) is 9.97 Å². The predicted molar refractivity (Wildman–Crippen MR) is 96.9 cm³/mol. The van der Waals surface area contributed by atoms with E-state index in [-0.39, 0.29) is 55.7 Å². The van der Waals surface area contributed by atoms with E-state index in [4.69, 9.17) is 23.2 Å². The summed E-state index contributed by atoms with van der Waals surface area (Å²) in [5.41, 5.74) is -0.590. The van der Waals surface area contributed by atoms with E-state index in [0.29, 0.717) is 11.4 Å². The molecular formula is C17H25Cl4IrN2O3. The quantitative estimate of drug-likeness (QED) is 0.347. The molecule has 0 bridgehead atoms. The molecule has 0 spiro atoms. The van der Waals surface area contributed by atoms with Crippen molar-refractivity contribution in [1.29, 1.82) is 0 Å². The van der Waals surface area contributed by atoms with Gasteiger partial charge in [0, 0.05) is 18.1 Å². The van der Waals surface area contributed by atoms with Crippen molar-refractivity contribution in [3.05, 3.63) is 60.2 Å². The number of hydrogen-bond donors (Lipinski definition) is 1. The second-order valence-corrected chi connectivity index (χ2v) is 6.41. The first-order valence-electron chi connectivity index (χ1n) is 7.00. The number of aliphatic hydroxyl groups is 1. The number of rotatable bonds is 2. The molecule has 0 saturated carbocycles. The van der Waals surface area contributed by atoms with Gasteiger partial charge in [-0.15, -0.1) is 23.2 Å². The summed E-state index contributed by atoms with van der Waals surface area (Å²) < 4.78 is 0. The molecule has 0 fully saturated rings. The Hall–Kier alpha value is -0.0106. The fourth-order valence-electron chi connectivity index (χ4n) is 1.44. The molecule has 0 amide bonds. The number of aromatic nitrogens is 2. The minimum atomic E-state index is -1.07. The summed E-state index contributed by atoms with van der Waals surface area (Å²) in [6.07, 6.45) is 3.31. The van der Waals surface area contributed by atoms with E-state index in [9.17, 15) is 10.2 Å². The molecule has 0 radical (unpaired) electrons. The van der Waals surface area contributed by atoms with Crippen LogP contribution in [-0.2, 0) is 31.3 Å². The van der Waals surface area contributed by atoms with Crippen LogP contribution in [0.15, 0.2) is 48.8 Å². The van der Waals surface area contributed by atoms with Crippen LogP contribution in [0.1, 0.15) is 39.1 Å². The minimum Gasteiger partial charge on any atom is -1.00 e. The van der Waals surface area contributed by atoms with Crippen molar-refractivity contribution in [1.82, 2.24) is 9.97 Å². The van der Waals surface area contributed by atoms with E-state index in [1.807, 2.05) is 18.2 Å². The van der Waals surface area contributed by atoms with Gasteiger partial charge in [-0.3, -0.25) is 9.97 Å². The van der Waals surface area contributed by atoms with Gasteiger partial charge in [0.2, 0.25) is 0 Å². The first-order valence-corrected chi connectivity index (χ1v) is 8.07. The van der Waals surface area contributed by atoms with E-state index in [1.54, 1.807) is 58.3 Å². The van der Waals surface area contributed by atoms with Crippen LogP contribution in [0.5, 0.6) is 0 Å². The van der Waals surface area contributed by atoms with Crippen LogP contribution in [0.4, 0.5) is 0 Å². The first kappa shape index (κ1) is 37.7. The fourth-order valence-corrected chi connectivity index (χ4v) is 1.44. The molecule has 0 aliphatic heterocycles. The standard InChI is InChI=1S/C8H11NO.C8H10NO.CH2Cl2.2ClH.Ir.H2O/c2*1-8(2,10)7-5-3-4-6-9-7;2-1-3;;;;/h3-6,10H,1-2H3;3-6H,1-2H3;1H2;2*1H;;1H2/q;-1;;;;+3;/p-2. The Labute approximate surface area is 197 Å². The van der Waals surface area contributed by atoms with Gasteiger partial charge in [0.1, 0.15) is 5.60 Å². The van der Waals surface area contributed by atoms with Crippen LogP contribution in [0, 0.1) is 0 Å². The molecule has 0 aliphatic carbocycles. The molecule has 5 nitrogen and oxygen atoms in total. The third-order valence-corrected chi connectivity index (χ3v) is 2.57. The van der Waals surface area contributed by atoms with Gasteiger partial charge in [-0.25, -0.2) is 0 Å². The molecule has 2 heterocycles. The fraction of sp³-hybridized carbons (Fsp3) is 0.412. The van der Waals surface area contributed by atoms with Crippen LogP contribution in [0.25, 0.3) is 0 Å². The van der Waals surface area contributed by atoms with Crippen molar-refractivity contribution in [2.75, 3.05) is 5.34 Å². The summed E-state index contributed by atoms with van der Waals surface area (Å²) in [6.45, 7) is 6.65. The van der Waals surface area contributed by atoms with Crippen molar-refractivity contribution < 1.29 is 60.6 Å². The molecular weight excluding hydrogens is 614 g/mol. The van der Waals surface area contributed by atoms with Crippen molar-refractivity contribution in [3.8, 4) is 0 Å². The second-order valence-electron chi connectivity index (χ2n) is 5.60. The summed E-state index contributed by atoms with van der Waals surface area (Å²) in [7, 11) is 0. The molecule has 2 rings (SSSR count). The third-order valence-electron chi connectivity index (χ3n) is 2.57. The maximum atomic E-state index is 11.2. The Morgan fingerprint density at radius 2 is 1.22 bits per heavy atom. The molecule has 3 N–H and O–H groups in total. The molecule has 0 saturated heterocycles. The summed E-state index contributed by atoms with van der Waals surface area (Å²) in [6, 6.07) is 10.9. The normalized spacial score (nSPS) is 9.19. The molecule has 0 aromatic carbocycles. The second kappa shape index (κ2) is 19.3. The smallest absolute Gasteiger partial charge is 1.00 e. The summed E-state index contributed by atoms with van der Waals surface area (Å²) in [5.74, 6) is 0. The molecule has 27 heavy (non-hydrogen) atoms. The van der Waals surface area contributed by atoms with Gasteiger partial charge in [-0.2, -0.15) is 0 Å². The summed E-state index contributed by atoms with van der Waals surface area (Å²) in [4.78, 5) is 7.94. The van der Waals surface area contributed by atoms with E-state index < -0.39 is 11.2 Å². The Morgan fingerprint density at radius 1 is 0.889 bits per heavy atom. The van der Waals surface area contributed by atoms with E-state index >= 15 is 0 Å². The van der Waals surface area contributed by atoms with Gasteiger partial charge in [-0.05, 0) is 38.1 Å². The zero-order valence-electron chi connectivity index (χ0n) is 15.4. The number of pyridine rings is 2.